The highest BCUT2D eigenvalue weighted by molar-refractivity contribution is 7.19. The Labute approximate surface area is 128 Å². The molecule has 1 saturated heterocycles. The highest BCUT2D eigenvalue weighted by Gasteiger charge is 2.29. The first-order valence-electron chi connectivity index (χ1n) is 6.95. The van der Waals surface area contributed by atoms with Crippen LogP contribution in [0.4, 0.5) is 10.7 Å². The lowest BCUT2D eigenvalue weighted by Crippen LogP contribution is -2.41. The molecule has 1 fully saturated rings. The van der Waals surface area contributed by atoms with Crippen LogP contribution in [0, 0.1) is 5.92 Å². The predicted molar refractivity (Wildman–Crippen MR) is 84.0 cm³/mol. The monoisotopic (exact) mass is 311 g/mol. The Morgan fingerprint density at radius 2 is 2.10 bits per heavy atom. The lowest BCUT2D eigenvalue weighted by Gasteiger charge is -2.32. The van der Waals surface area contributed by atoms with Gasteiger partial charge in [-0.3, -0.25) is 9.59 Å². The number of ketones is 1. The van der Waals surface area contributed by atoms with Crippen molar-refractivity contribution in [1.29, 1.82) is 0 Å². The summed E-state index contributed by atoms with van der Waals surface area (Å²) in [6.07, 6.45) is 0.0621. The normalized spacial score (nSPS) is 19.0. The number of nitrogens with two attached hydrogens (primary N) is 2. The van der Waals surface area contributed by atoms with E-state index >= 15 is 0 Å². The summed E-state index contributed by atoms with van der Waals surface area (Å²) in [5.74, 6) is -0.837. The Morgan fingerprint density at radius 1 is 1.43 bits per heavy atom. The molecule has 2 rings (SSSR count). The number of carbonyl (C=O) groups is 2. The number of Topliss-reactive ketones (excluding diaryl/α,β-unsaturated/α-hetero) is 1. The lowest BCUT2D eigenvalue weighted by molar-refractivity contribution is 0.0533. The van der Waals surface area contributed by atoms with Crippen molar-refractivity contribution in [1.82, 2.24) is 0 Å². The molecule has 4 N–H and O–H groups in total. The molecule has 21 heavy (non-hydrogen) atoms. The maximum Gasteiger partial charge on any atom is 0.253 e. The minimum atomic E-state index is -0.597. The highest BCUT2D eigenvalue weighted by Crippen LogP contribution is 2.39. The van der Waals surface area contributed by atoms with Crippen molar-refractivity contribution in [3.63, 3.8) is 0 Å². The molecule has 6 nitrogen and oxygen atoms in total. The Morgan fingerprint density at radius 3 is 2.62 bits per heavy atom. The molecule has 0 aromatic carbocycles. The van der Waals surface area contributed by atoms with Crippen molar-refractivity contribution in [2.75, 3.05) is 30.3 Å². The van der Waals surface area contributed by atoms with Crippen LogP contribution in [0.25, 0.3) is 0 Å². The van der Waals surface area contributed by atoms with E-state index in [2.05, 4.69) is 0 Å². The number of morpholine rings is 1. The van der Waals surface area contributed by atoms with Crippen LogP contribution in [0.1, 0.15) is 40.8 Å². The van der Waals surface area contributed by atoms with Gasteiger partial charge in [-0.15, -0.1) is 11.3 Å². The molecule has 0 spiro atoms. The maximum atomic E-state index is 12.2. The zero-order chi connectivity index (χ0) is 15.7. The van der Waals surface area contributed by atoms with Crippen molar-refractivity contribution >= 4 is 33.7 Å². The number of nitrogens with zero attached hydrogens (tertiary/aromatic N) is 1. The molecular weight excluding hydrogens is 290 g/mol. The van der Waals surface area contributed by atoms with Gasteiger partial charge in [-0.2, -0.15) is 0 Å². The maximum absolute atomic E-state index is 12.2. The third-order valence-electron chi connectivity index (χ3n) is 3.45. The van der Waals surface area contributed by atoms with Gasteiger partial charge in [0.1, 0.15) is 5.00 Å². The number of carbonyl (C=O) groups excluding carboxylic acids is 2. The Bertz CT molecular complexity index is 568. The third-order valence-corrected chi connectivity index (χ3v) is 4.73. The second-order valence-electron chi connectivity index (χ2n) is 5.54. The van der Waals surface area contributed by atoms with Crippen molar-refractivity contribution in [3.05, 3.63) is 10.4 Å². The first-order chi connectivity index (χ1) is 9.82. The van der Waals surface area contributed by atoms with Crippen molar-refractivity contribution in [3.8, 4) is 0 Å². The largest absolute Gasteiger partial charge is 0.397 e. The van der Waals surface area contributed by atoms with Gasteiger partial charge in [-0.25, -0.2) is 0 Å². The summed E-state index contributed by atoms with van der Waals surface area (Å²) in [5, 5.41) is 0.680. The molecule has 1 aromatic heterocycles. The van der Waals surface area contributed by atoms with Crippen LogP contribution in [-0.4, -0.2) is 37.5 Å². The standard InChI is InChI=1S/C14H21N3O3S/c1-7(2)11(18)12-10(15)9(13(16)19)14(21-12)17-4-5-20-8(3)6-17/h7-8H,4-6,15H2,1-3H3,(H2,16,19). The number of anilines is 2. The molecule has 0 saturated carbocycles. The van der Waals surface area contributed by atoms with Gasteiger partial charge in [0.2, 0.25) is 0 Å². The number of amides is 1. The van der Waals surface area contributed by atoms with Crippen LogP contribution in [0.15, 0.2) is 0 Å². The summed E-state index contributed by atoms with van der Waals surface area (Å²) in [6, 6.07) is 0. The van der Waals surface area contributed by atoms with Gasteiger partial charge in [0.15, 0.2) is 5.78 Å². The van der Waals surface area contributed by atoms with Crippen LogP contribution in [0.5, 0.6) is 0 Å². The summed E-state index contributed by atoms with van der Waals surface area (Å²) in [5.41, 5.74) is 12.0. The van der Waals surface area contributed by atoms with Gasteiger partial charge in [0.25, 0.3) is 5.91 Å². The first kappa shape index (κ1) is 15.8. The minimum absolute atomic E-state index is 0.0621. The fourth-order valence-electron chi connectivity index (χ4n) is 2.34. The second-order valence-corrected chi connectivity index (χ2v) is 6.53. The molecule has 2 heterocycles. The summed E-state index contributed by atoms with van der Waals surface area (Å²) >= 11 is 1.25. The van der Waals surface area contributed by atoms with Gasteiger partial charge >= 0.3 is 0 Å². The van der Waals surface area contributed by atoms with E-state index in [1.165, 1.54) is 11.3 Å². The molecule has 1 atom stereocenters. The molecule has 1 aromatic rings. The second kappa shape index (κ2) is 6.03. The summed E-state index contributed by atoms with van der Waals surface area (Å²) < 4.78 is 5.50. The molecule has 1 amide bonds. The van der Waals surface area contributed by atoms with Crippen molar-refractivity contribution in [2.45, 2.75) is 26.9 Å². The van der Waals surface area contributed by atoms with Crippen LogP contribution in [0.2, 0.25) is 0 Å². The molecule has 1 aliphatic rings. The number of primary amides is 1. The number of hydrogen-bond acceptors (Lipinski definition) is 6. The highest BCUT2D eigenvalue weighted by atomic mass is 32.1. The van der Waals surface area contributed by atoms with E-state index in [0.29, 0.717) is 29.6 Å². The molecule has 1 unspecified atom stereocenters. The van der Waals surface area contributed by atoms with Gasteiger partial charge in [-0.05, 0) is 6.92 Å². The van der Waals surface area contributed by atoms with Gasteiger partial charge in [-0.1, -0.05) is 13.8 Å². The molecule has 0 radical (unpaired) electrons. The van der Waals surface area contributed by atoms with E-state index in [1.807, 2.05) is 25.7 Å². The van der Waals surface area contributed by atoms with E-state index in [1.54, 1.807) is 0 Å². The summed E-state index contributed by atoms with van der Waals surface area (Å²) in [4.78, 5) is 26.4. The fraction of sp³-hybridized carbons (Fsp3) is 0.571. The lowest BCUT2D eigenvalue weighted by atomic mass is 10.1. The SMILES string of the molecule is CC1CN(c2sc(C(=O)C(C)C)c(N)c2C(N)=O)CCO1. The van der Waals surface area contributed by atoms with Gasteiger partial charge < -0.3 is 21.1 Å². The van der Waals surface area contributed by atoms with Crippen molar-refractivity contribution < 1.29 is 14.3 Å². The quantitative estimate of drug-likeness (QED) is 0.821. The van der Waals surface area contributed by atoms with E-state index < -0.39 is 5.91 Å². The predicted octanol–water partition coefficient (Wildman–Crippen LogP) is 1.49. The Hall–Kier alpha value is -1.60. The van der Waals surface area contributed by atoms with Crippen LogP contribution >= 0.6 is 11.3 Å². The molecule has 1 aliphatic heterocycles. The number of rotatable bonds is 4. The number of nitrogen functional groups attached to an aromatic ring is 1. The average Bonchev–Trinajstić information content (AvgIpc) is 2.75. The molecule has 0 bridgehead atoms. The van der Waals surface area contributed by atoms with E-state index in [9.17, 15) is 9.59 Å². The van der Waals surface area contributed by atoms with Crippen LogP contribution in [-0.2, 0) is 4.74 Å². The fourth-order valence-corrected chi connectivity index (χ4v) is 3.69. The molecular formula is C14H21N3O3S. The zero-order valence-corrected chi connectivity index (χ0v) is 13.3. The smallest absolute Gasteiger partial charge is 0.253 e. The van der Waals surface area contributed by atoms with Crippen molar-refractivity contribution in [2.24, 2.45) is 11.7 Å². The minimum Gasteiger partial charge on any atom is -0.397 e. The topological polar surface area (TPSA) is 98.6 Å². The zero-order valence-electron chi connectivity index (χ0n) is 12.5. The molecule has 7 heteroatoms. The Kier molecular flexibility index (Phi) is 4.53. The summed E-state index contributed by atoms with van der Waals surface area (Å²) in [6.45, 7) is 7.46. The number of ether oxygens (including phenoxy) is 1. The summed E-state index contributed by atoms with van der Waals surface area (Å²) in [7, 11) is 0. The molecule has 0 aliphatic carbocycles. The first-order valence-corrected chi connectivity index (χ1v) is 7.77. The van der Waals surface area contributed by atoms with Gasteiger partial charge in [0.05, 0.1) is 28.8 Å². The van der Waals surface area contributed by atoms with E-state index in [4.69, 9.17) is 16.2 Å². The van der Waals surface area contributed by atoms with Gasteiger partial charge in [0, 0.05) is 19.0 Å². The third kappa shape index (κ3) is 3.03. The number of hydrogen-bond donors (Lipinski definition) is 2. The van der Waals surface area contributed by atoms with E-state index in [0.717, 1.165) is 0 Å². The van der Waals surface area contributed by atoms with Crippen LogP contribution < -0.4 is 16.4 Å². The number of thiophene rings is 1. The average molecular weight is 311 g/mol. The molecule has 116 valence electrons. The Balaban J connectivity index is 2.47. The van der Waals surface area contributed by atoms with Crippen LogP contribution in [0.3, 0.4) is 0 Å². The van der Waals surface area contributed by atoms with E-state index in [-0.39, 0.29) is 29.1 Å².